The Morgan fingerprint density at radius 1 is 0.778 bits per heavy atom. The zero-order valence-corrected chi connectivity index (χ0v) is 12.7. The van der Waals surface area contributed by atoms with Gasteiger partial charge in [-0.05, 0) is 11.8 Å². The average Bonchev–Trinajstić information content (AvgIpc) is 2.20. The van der Waals surface area contributed by atoms with Gasteiger partial charge in [-0.25, -0.2) is 0 Å². The molecule has 0 aliphatic heterocycles. The van der Waals surface area contributed by atoms with Crippen molar-refractivity contribution in [1.29, 1.82) is 0 Å². The fraction of sp³-hybridized carbons (Fsp3) is 1.00. The van der Waals surface area contributed by atoms with Crippen LogP contribution in [0.3, 0.4) is 0 Å². The Balaban J connectivity index is 5.81. The largest absolute Gasteiger partial charge is 0.285 e. The summed E-state index contributed by atoms with van der Waals surface area (Å²) in [7, 11) is -9.11. The molecule has 8 heteroatoms. The first-order valence-electron chi connectivity index (χ1n) is 5.89. The lowest BCUT2D eigenvalue weighted by atomic mass is 9.93. The van der Waals surface area contributed by atoms with Crippen LogP contribution in [0.25, 0.3) is 0 Å². The van der Waals surface area contributed by atoms with Crippen LogP contribution in [0.1, 0.15) is 40.5 Å². The van der Waals surface area contributed by atoms with Gasteiger partial charge in [-0.3, -0.25) is 9.11 Å². The van der Waals surface area contributed by atoms with E-state index in [0.717, 1.165) is 0 Å². The maximum Gasteiger partial charge on any atom is 0.269 e. The van der Waals surface area contributed by atoms with E-state index in [1.807, 2.05) is 0 Å². The molecule has 0 aromatic heterocycles. The van der Waals surface area contributed by atoms with Gasteiger partial charge in [0.2, 0.25) is 0 Å². The molecule has 0 aliphatic carbocycles. The van der Waals surface area contributed by atoms with E-state index in [1.54, 1.807) is 27.7 Å². The molecule has 0 aliphatic rings. The molecular formula is C10H22O6S2. The second-order valence-electron chi connectivity index (χ2n) is 4.73. The lowest BCUT2D eigenvalue weighted by molar-refractivity contribution is 0.355. The zero-order chi connectivity index (χ0) is 14.7. The van der Waals surface area contributed by atoms with Crippen LogP contribution < -0.4 is 0 Å². The molecule has 0 rings (SSSR count). The van der Waals surface area contributed by atoms with Crippen molar-refractivity contribution in [3.8, 4) is 0 Å². The maximum absolute atomic E-state index is 11.4. The predicted octanol–water partition coefficient (Wildman–Crippen LogP) is 1.59. The van der Waals surface area contributed by atoms with E-state index in [0.29, 0.717) is 12.8 Å². The second-order valence-corrected chi connectivity index (χ2v) is 7.88. The third-order valence-corrected chi connectivity index (χ3v) is 6.48. The molecule has 4 atom stereocenters. The first-order valence-corrected chi connectivity index (χ1v) is 8.90. The minimum absolute atomic E-state index is 0.382. The highest BCUT2D eigenvalue weighted by atomic mass is 32.2. The van der Waals surface area contributed by atoms with Crippen LogP contribution >= 0.6 is 0 Å². The van der Waals surface area contributed by atoms with Crippen LogP contribution in [-0.2, 0) is 20.2 Å². The summed E-state index contributed by atoms with van der Waals surface area (Å²) in [5.74, 6) is -1.14. The molecule has 18 heavy (non-hydrogen) atoms. The Kier molecular flexibility index (Phi) is 6.25. The van der Waals surface area contributed by atoms with Gasteiger partial charge in [0.05, 0.1) is 0 Å². The van der Waals surface area contributed by atoms with E-state index in [-0.39, 0.29) is 0 Å². The van der Waals surface area contributed by atoms with Gasteiger partial charge >= 0.3 is 0 Å². The molecule has 0 radical (unpaired) electrons. The topological polar surface area (TPSA) is 109 Å². The van der Waals surface area contributed by atoms with Crippen LogP contribution in [0.5, 0.6) is 0 Å². The third-order valence-electron chi connectivity index (χ3n) is 3.42. The Bertz CT molecular complexity index is 409. The molecule has 0 saturated heterocycles. The molecule has 0 aromatic carbocycles. The number of rotatable bonds is 7. The molecule has 0 heterocycles. The minimum atomic E-state index is -4.55. The highest BCUT2D eigenvalue weighted by Gasteiger charge is 2.45. The summed E-state index contributed by atoms with van der Waals surface area (Å²) in [5.41, 5.74) is 0. The first-order chi connectivity index (χ1) is 7.96. The third kappa shape index (κ3) is 4.49. The molecule has 0 amide bonds. The SMILES string of the molecule is CCC(C)C(C(C(C)CC)S(=O)(=O)O)S(=O)(=O)O. The summed E-state index contributed by atoms with van der Waals surface area (Å²) < 4.78 is 64.2. The van der Waals surface area contributed by atoms with Gasteiger partial charge in [0.25, 0.3) is 20.2 Å². The number of hydrogen-bond acceptors (Lipinski definition) is 4. The van der Waals surface area contributed by atoms with Crippen molar-refractivity contribution in [2.24, 2.45) is 11.8 Å². The molecule has 0 spiro atoms. The molecular weight excluding hydrogens is 280 g/mol. The fourth-order valence-corrected chi connectivity index (χ4v) is 5.65. The van der Waals surface area contributed by atoms with Crippen molar-refractivity contribution >= 4 is 20.2 Å². The van der Waals surface area contributed by atoms with Gasteiger partial charge in [0.1, 0.15) is 10.5 Å². The molecule has 110 valence electrons. The van der Waals surface area contributed by atoms with Gasteiger partial charge in [-0.1, -0.05) is 40.5 Å². The lowest BCUT2D eigenvalue weighted by Crippen LogP contribution is -2.47. The predicted molar refractivity (Wildman–Crippen MR) is 69.6 cm³/mol. The summed E-state index contributed by atoms with van der Waals surface area (Å²) in [5, 5.41) is -3.01. The fourth-order valence-electron chi connectivity index (χ4n) is 2.04. The average molecular weight is 302 g/mol. The van der Waals surface area contributed by atoms with E-state index in [2.05, 4.69) is 0 Å². The van der Waals surface area contributed by atoms with Crippen molar-refractivity contribution in [3.63, 3.8) is 0 Å². The summed E-state index contributed by atoms with van der Waals surface area (Å²) in [6.07, 6.45) is 0.764. The quantitative estimate of drug-likeness (QED) is 0.691. The zero-order valence-electron chi connectivity index (χ0n) is 11.1. The Labute approximate surface area is 109 Å². The van der Waals surface area contributed by atoms with Crippen LogP contribution in [0.2, 0.25) is 0 Å². The molecule has 0 bridgehead atoms. The van der Waals surface area contributed by atoms with Crippen molar-refractivity contribution in [2.45, 2.75) is 51.0 Å². The lowest BCUT2D eigenvalue weighted by Gasteiger charge is -2.30. The van der Waals surface area contributed by atoms with Crippen LogP contribution in [-0.4, -0.2) is 36.4 Å². The van der Waals surface area contributed by atoms with Gasteiger partial charge < -0.3 is 0 Å². The highest BCUT2D eigenvalue weighted by Crippen LogP contribution is 2.29. The Hall–Kier alpha value is -0.180. The molecule has 4 unspecified atom stereocenters. The summed E-state index contributed by atoms with van der Waals surface area (Å²) >= 11 is 0. The second kappa shape index (κ2) is 6.31. The molecule has 0 aromatic rings. The molecule has 2 N–H and O–H groups in total. The van der Waals surface area contributed by atoms with E-state index < -0.39 is 42.6 Å². The van der Waals surface area contributed by atoms with Gasteiger partial charge in [-0.15, -0.1) is 0 Å². The van der Waals surface area contributed by atoms with E-state index in [4.69, 9.17) is 0 Å². The van der Waals surface area contributed by atoms with Gasteiger partial charge in [0, 0.05) is 0 Å². The van der Waals surface area contributed by atoms with Gasteiger partial charge in [-0.2, -0.15) is 16.8 Å². The van der Waals surface area contributed by atoms with E-state index in [9.17, 15) is 25.9 Å². The standard InChI is InChI=1S/C10H22O6S2/c1-5-7(3)9(17(11,12)13)10(8(4)6-2)18(14,15)16/h7-10H,5-6H2,1-4H3,(H,11,12,13)(H,14,15,16). The van der Waals surface area contributed by atoms with E-state index in [1.165, 1.54) is 0 Å². The molecule has 0 fully saturated rings. The monoisotopic (exact) mass is 302 g/mol. The van der Waals surface area contributed by atoms with Crippen LogP contribution in [0, 0.1) is 11.8 Å². The smallest absolute Gasteiger partial charge is 0.269 e. The Morgan fingerprint density at radius 2 is 1.00 bits per heavy atom. The summed E-state index contributed by atoms with van der Waals surface area (Å²) in [6.45, 7) is 6.47. The maximum atomic E-state index is 11.4. The van der Waals surface area contributed by atoms with E-state index >= 15 is 0 Å². The van der Waals surface area contributed by atoms with Crippen molar-refractivity contribution < 1.29 is 25.9 Å². The Morgan fingerprint density at radius 3 is 1.11 bits per heavy atom. The molecule has 0 saturated carbocycles. The minimum Gasteiger partial charge on any atom is -0.285 e. The summed E-state index contributed by atoms with van der Waals surface area (Å²) in [6, 6.07) is 0. The highest BCUT2D eigenvalue weighted by molar-refractivity contribution is 7.90. The molecule has 6 nitrogen and oxygen atoms in total. The normalized spacial score (nSPS) is 20.1. The number of hydrogen-bond donors (Lipinski definition) is 2. The van der Waals surface area contributed by atoms with Crippen molar-refractivity contribution in [1.82, 2.24) is 0 Å². The van der Waals surface area contributed by atoms with Crippen LogP contribution in [0.15, 0.2) is 0 Å². The first kappa shape index (κ1) is 17.8. The van der Waals surface area contributed by atoms with Crippen molar-refractivity contribution in [3.05, 3.63) is 0 Å². The van der Waals surface area contributed by atoms with Crippen LogP contribution in [0.4, 0.5) is 0 Å². The van der Waals surface area contributed by atoms with Crippen molar-refractivity contribution in [2.75, 3.05) is 0 Å². The summed E-state index contributed by atoms with van der Waals surface area (Å²) in [4.78, 5) is 0. The van der Waals surface area contributed by atoms with Gasteiger partial charge in [0.15, 0.2) is 0 Å².